The van der Waals surface area contributed by atoms with Crippen molar-refractivity contribution in [3.63, 3.8) is 0 Å². The van der Waals surface area contributed by atoms with E-state index >= 15 is 0 Å². The fourth-order valence-electron chi connectivity index (χ4n) is 4.59. The van der Waals surface area contributed by atoms with E-state index in [1.165, 1.54) is 11.1 Å². The lowest BCUT2D eigenvalue weighted by molar-refractivity contribution is -0.144. The van der Waals surface area contributed by atoms with Gasteiger partial charge < -0.3 is 9.53 Å². The molecule has 0 aliphatic rings. The van der Waals surface area contributed by atoms with Crippen molar-refractivity contribution in [1.29, 1.82) is 0 Å². The predicted octanol–water partition coefficient (Wildman–Crippen LogP) is 5.25. The second-order valence-corrected chi connectivity index (χ2v) is 12.3. The maximum atomic E-state index is 11.5. The van der Waals surface area contributed by atoms with Crippen molar-refractivity contribution in [2.45, 2.75) is 51.9 Å². The molecular formula is C22H30O3Si. The smallest absolute Gasteiger partial charge is 0.331 e. The van der Waals surface area contributed by atoms with Crippen molar-refractivity contribution in [1.82, 2.24) is 0 Å². The van der Waals surface area contributed by atoms with Crippen molar-refractivity contribution in [3.8, 4) is 0 Å². The third-order valence-corrected chi connectivity index (χ3v) is 9.34. The number of aliphatic carboxylic acids is 1. The molecule has 2 rings (SSSR count). The minimum absolute atomic E-state index is 0.177. The summed E-state index contributed by atoms with van der Waals surface area (Å²) in [5.41, 5.74) is 2.17. The highest BCUT2D eigenvalue weighted by Gasteiger charge is 2.58. The number of hydrogen-bond donors (Lipinski definition) is 1. The summed E-state index contributed by atoms with van der Waals surface area (Å²) in [6.45, 7) is 12.6. The summed E-state index contributed by atoms with van der Waals surface area (Å²) in [6.07, 6.45) is -0.842. The van der Waals surface area contributed by atoms with Crippen LogP contribution >= 0.6 is 0 Å². The van der Waals surface area contributed by atoms with Crippen LogP contribution in [0.3, 0.4) is 0 Å². The standard InChI is InChI=1S/C22H30O3Si/c1-17(20(23)24)25-26(5,6)22(21(2,3)4,18-13-9-7-10-14-18)19-15-11-8-12-16-19/h7-17H,1-6H3,(H,23,24)/t17-/m1/s1. The van der Waals surface area contributed by atoms with E-state index in [4.69, 9.17) is 4.43 Å². The van der Waals surface area contributed by atoms with Crippen LogP contribution in [0.25, 0.3) is 0 Å². The molecule has 0 fully saturated rings. The summed E-state index contributed by atoms with van der Waals surface area (Å²) in [6, 6.07) is 20.8. The number of carbonyl (C=O) groups is 1. The molecule has 0 aliphatic heterocycles. The molecule has 26 heavy (non-hydrogen) atoms. The molecule has 1 N–H and O–H groups in total. The molecule has 1 atom stereocenters. The van der Waals surface area contributed by atoms with Crippen LogP contribution < -0.4 is 0 Å². The molecular weight excluding hydrogens is 340 g/mol. The zero-order valence-electron chi connectivity index (χ0n) is 16.6. The van der Waals surface area contributed by atoms with E-state index in [0.29, 0.717) is 0 Å². The van der Waals surface area contributed by atoms with Gasteiger partial charge in [-0.2, -0.15) is 0 Å². The van der Waals surface area contributed by atoms with Gasteiger partial charge in [-0.05, 0) is 36.6 Å². The third kappa shape index (κ3) is 3.48. The van der Waals surface area contributed by atoms with Gasteiger partial charge in [0.25, 0.3) is 0 Å². The Morgan fingerprint density at radius 2 is 1.31 bits per heavy atom. The maximum absolute atomic E-state index is 11.5. The SMILES string of the molecule is C[C@@H](O[Si](C)(C)C(c1ccccc1)(c1ccccc1)C(C)(C)C)C(=O)O. The van der Waals surface area contributed by atoms with E-state index in [2.05, 4.69) is 58.1 Å². The minimum atomic E-state index is -2.61. The fourth-order valence-corrected chi connectivity index (χ4v) is 9.28. The number of rotatable bonds is 6. The summed E-state index contributed by atoms with van der Waals surface area (Å²) >= 11 is 0. The minimum Gasteiger partial charge on any atom is -0.479 e. The Labute approximate surface area is 158 Å². The molecule has 3 nitrogen and oxygen atoms in total. The molecule has 0 aromatic heterocycles. The average molecular weight is 371 g/mol. The van der Waals surface area contributed by atoms with Crippen LogP contribution in [-0.2, 0) is 14.3 Å². The number of carboxylic acids is 1. The van der Waals surface area contributed by atoms with Gasteiger partial charge in [0.1, 0.15) is 6.10 Å². The Morgan fingerprint density at radius 3 is 1.62 bits per heavy atom. The molecule has 4 heteroatoms. The summed E-state index contributed by atoms with van der Waals surface area (Å²) in [5, 5.41) is 9.04. The van der Waals surface area contributed by atoms with Crippen LogP contribution in [0.4, 0.5) is 0 Å². The normalized spacial score (nSPS) is 14.1. The third-order valence-electron chi connectivity index (χ3n) is 5.26. The molecule has 0 saturated heterocycles. The van der Waals surface area contributed by atoms with Crippen LogP contribution in [0.2, 0.25) is 13.1 Å². The lowest BCUT2D eigenvalue weighted by Gasteiger charge is -2.54. The first-order valence-corrected chi connectivity index (χ1v) is 12.0. The highest BCUT2D eigenvalue weighted by atomic mass is 28.4. The molecule has 0 bridgehead atoms. The van der Waals surface area contributed by atoms with Gasteiger partial charge in [0.2, 0.25) is 8.32 Å². The maximum Gasteiger partial charge on any atom is 0.331 e. The van der Waals surface area contributed by atoms with Crippen LogP contribution in [0, 0.1) is 5.41 Å². The zero-order valence-corrected chi connectivity index (χ0v) is 17.6. The molecule has 0 heterocycles. The molecule has 0 spiro atoms. The Morgan fingerprint density at radius 1 is 0.923 bits per heavy atom. The van der Waals surface area contributed by atoms with Crippen LogP contribution in [0.5, 0.6) is 0 Å². The number of hydrogen-bond acceptors (Lipinski definition) is 2. The Hall–Kier alpha value is -1.91. The van der Waals surface area contributed by atoms with Crippen LogP contribution in [0.15, 0.2) is 60.7 Å². The van der Waals surface area contributed by atoms with Gasteiger partial charge in [-0.15, -0.1) is 0 Å². The Bertz CT molecular complexity index is 693. The van der Waals surface area contributed by atoms with E-state index in [0.717, 1.165) is 0 Å². The molecule has 0 saturated carbocycles. The molecule has 2 aromatic carbocycles. The molecule has 2 aromatic rings. The van der Waals surface area contributed by atoms with Gasteiger partial charge in [0.05, 0.1) is 0 Å². The second kappa shape index (κ2) is 7.37. The monoisotopic (exact) mass is 370 g/mol. The molecule has 0 aliphatic carbocycles. The van der Waals surface area contributed by atoms with Crippen molar-refractivity contribution in [3.05, 3.63) is 71.8 Å². The molecule has 0 unspecified atom stereocenters. The van der Waals surface area contributed by atoms with Gasteiger partial charge in [0.15, 0.2) is 0 Å². The first kappa shape index (κ1) is 20.4. The second-order valence-electron chi connectivity index (χ2n) is 8.34. The molecule has 140 valence electrons. The first-order valence-electron chi connectivity index (χ1n) is 9.05. The van der Waals surface area contributed by atoms with E-state index in [1.807, 2.05) is 36.4 Å². The molecule has 0 radical (unpaired) electrons. The largest absolute Gasteiger partial charge is 0.479 e. The lowest BCUT2D eigenvalue weighted by Crippen LogP contribution is -2.63. The van der Waals surface area contributed by atoms with E-state index in [1.54, 1.807) is 6.92 Å². The van der Waals surface area contributed by atoms with Crippen molar-refractivity contribution < 1.29 is 14.3 Å². The topological polar surface area (TPSA) is 46.5 Å². The van der Waals surface area contributed by atoms with E-state index in [-0.39, 0.29) is 5.41 Å². The Kier molecular flexibility index (Phi) is 5.78. The Balaban J connectivity index is 2.82. The quantitative estimate of drug-likeness (QED) is 0.706. The van der Waals surface area contributed by atoms with Crippen molar-refractivity contribution in [2.24, 2.45) is 5.41 Å². The van der Waals surface area contributed by atoms with E-state index < -0.39 is 25.4 Å². The van der Waals surface area contributed by atoms with Crippen LogP contribution in [-0.4, -0.2) is 25.5 Å². The average Bonchev–Trinajstić information content (AvgIpc) is 2.55. The summed E-state index contributed by atoms with van der Waals surface area (Å²) < 4.78 is 6.34. The van der Waals surface area contributed by atoms with Gasteiger partial charge >= 0.3 is 5.97 Å². The highest BCUT2D eigenvalue weighted by molar-refractivity contribution is 6.75. The van der Waals surface area contributed by atoms with Gasteiger partial charge in [-0.3, -0.25) is 0 Å². The first-order chi connectivity index (χ1) is 12.0. The number of carboxylic acid groups (broad SMARTS) is 1. The van der Waals surface area contributed by atoms with Gasteiger partial charge in [-0.25, -0.2) is 4.79 Å². The van der Waals surface area contributed by atoms with Gasteiger partial charge in [0, 0.05) is 5.04 Å². The van der Waals surface area contributed by atoms with Crippen LogP contribution in [0.1, 0.15) is 38.8 Å². The highest BCUT2D eigenvalue weighted by Crippen LogP contribution is 2.53. The fraction of sp³-hybridized carbons (Fsp3) is 0.409. The lowest BCUT2D eigenvalue weighted by atomic mass is 9.71. The summed E-state index contributed by atoms with van der Waals surface area (Å²) in [5.74, 6) is -0.922. The summed E-state index contributed by atoms with van der Waals surface area (Å²) in [4.78, 5) is 11.5. The number of benzene rings is 2. The summed E-state index contributed by atoms with van der Waals surface area (Å²) in [7, 11) is -2.61. The van der Waals surface area contributed by atoms with Gasteiger partial charge in [-0.1, -0.05) is 81.4 Å². The predicted molar refractivity (Wildman–Crippen MR) is 109 cm³/mol. The van der Waals surface area contributed by atoms with Crippen molar-refractivity contribution >= 4 is 14.3 Å². The zero-order chi connectivity index (χ0) is 19.6. The van der Waals surface area contributed by atoms with Crippen molar-refractivity contribution in [2.75, 3.05) is 0 Å². The van der Waals surface area contributed by atoms with E-state index in [9.17, 15) is 9.90 Å². The molecule has 0 amide bonds.